The Morgan fingerprint density at radius 1 is 1.31 bits per heavy atom. The lowest BCUT2D eigenvalue weighted by Gasteiger charge is -2.19. The molecule has 0 aromatic heterocycles. The lowest BCUT2D eigenvalue weighted by atomic mass is 9.86. The van der Waals surface area contributed by atoms with Crippen LogP contribution in [0, 0.1) is 11.3 Å². The van der Waals surface area contributed by atoms with Gasteiger partial charge in [-0.25, -0.2) is 0 Å². The molecule has 0 atom stereocenters. The second kappa shape index (κ2) is 3.10. The van der Waals surface area contributed by atoms with Crippen LogP contribution in [0.1, 0.15) is 31.9 Å². The van der Waals surface area contributed by atoms with Crippen molar-refractivity contribution in [3.63, 3.8) is 0 Å². The van der Waals surface area contributed by atoms with Crippen molar-refractivity contribution in [3.05, 3.63) is 29.3 Å². The van der Waals surface area contributed by atoms with Gasteiger partial charge in [-0.05, 0) is 23.1 Å². The highest BCUT2D eigenvalue weighted by atomic mass is 14.6. The van der Waals surface area contributed by atoms with E-state index in [1.807, 2.05) is 18.2 Å². The number of benzene rings is 1. The first-order chi connectivity index (χ1) is 5.95. The Kier molecular flexibility index (Phi) is 2.29. The number of nitrogens with zero attached hydrogens (tertiary/aromatic N) is 1. The maximum absolute atomic E-state index is 8.68. The van der Waals surface area contributed by atoms with Crippen LogP contribution in [-0.4, -0.2) is 0 Å². The standard InChI is InChI=1S/C11H14N2/c1-11(2,3)9-5-4-8(7-12)10(13)6-9/h4-6H,13H2,1-3H3. The average Bonchev–Trinajstić information content (AvgIpc) is 2.02. The van der Waals surface area contributed by atoms with Gasteiger partial charge >= 0.3 is 0 Å². The summed E-state index contributed by atoms with van der Waals surface area (Å²) in [5.41, 5.74) is 8.06. The SMILES string of the molecule is CC(C)(C)c1ccc(C#N)c(N)c1. The molecule has 0 saturated carbocycles. The van der Waals surface area contributed by atoms with Gasteiger partial charge in [0.05, 0.1) is 5.56 Å². The predicted octanol–water partition coefficient (Wildman–Crippen LogP) is 2.44. The fourth-order valence-electron chi connectivity index (χ4n) is 1.13. The second-order valence-corrected chi connectivity index (χ2v) is 4.16. The highest BCUT2D eigenvalue weighted by Gasteiger charge is 2.14. The maximum Gasteiger partial charge on any atom is 0.101 e. The number of anilines is 1. The molecular formula is C11H14N2. The van der Waals surface area contributed by atoms with Crippen LogP contribution in [-0.2, 0) is 5.41 Å². The summed E-state index contributed by atoms with van der Waals surface area (Å²) >= 11 is 0. The van der Waals surface area contributed by atoms with E-state index in [1.54, 1.807) is 6.07 Å². The van der Waals surface area contributed by atoms with Gasteiger partial charge in [0, 0.05) is 5.69 Å². The molecule has 0 bridgehead atoms. The molecule has 0 radical (unpaired) electrons. The molecule has 0 amide bonds. The van der Waals surface area contributed by atoms with E-state index in [-0.39, 0.29) is 5.41 Å². The Balaban J connectivity index is 3.20. The van der Waals surface area contributed by atoms with E-state index >= 15 is 0 Å². The van der Waals surface area contributed by atoms with Gasteiger partial charge in [0.2, 0.25) is 0 Å². The van der Waals surface area contributed by atoms with Gasteiger partial charge in [0.15, 0.2) is 0 Å². The van der Waals surface area contributed by atoms with E-state index in [2.05, 4.69) is 20.8 Å². The largest absolute Gasteiger partial charge is 0.398 e. The summed E-state index contributed by atoms with van der Waals surface area (Å²) in [6.45, 7) is 6.36. The molecule has 2 N–H and O–H groups in total. The summed E-state index contributed by atoms with van der Waals surface area (Å²) in [6.07, 6.45) is 0. The summed E-state index contributed by atoms with van der Waals surface area (Å²) in [5, 5.41) is 8.68. The first-order valence-electron chi connectivity index (χ1n) is 4.25. The lowest BCUT2D eigenvalue weighted by Crippen LogP contribution is -2.11. The first kappa shape index (κ1) is 9.60. The average molecular weight is 174 g/mol. The first-order valence-corrected chi connectivity index (χ1v) is 4.25. The molecule has 0 saturated heterocycles. The van der Waals surface area contributed by atoms with E-state index in [0.29, 0.717) is 11.3 Å². The van der Waals surface area contributed by atoms with E-state index in [0.717, 1.165) is 5.56 Å². The molecule has 2 nitrogen and oxygen atoms in total. The Bertz CT molecular complexity index is 353. The number of hydrogen-bond donors (Lipinski definition) is 1. The van der Waals surface area contributed by atoms with Gasteiger partial charge < -0.3 is 5.73 Å². The van der Waals surface area contributed by atoms with Crippen LogP contribution in [0.2, 0.25) is 0 Å². The summed E-state index contributed by atoms with van der Waals surface area (Å²) in [7, 11) is 0. The quantitative estimate of drug-likeness (QED) is 0.614. The predicted molar refractivity (Wildman–Crippen MR) is 54.3 cm³/mol. The molecule has 0 fully saturated rings. The third kappa shape index (κ3) is 2.00. The molecule has 68 valence electrons. The van der Waals surface area contributed by atoms with Crippen LogP contribution >= 0.6 is 0 Å². The number of nitrogens with two attached hydrogens (primary N) is 1. The van der Waals surface area contributed by atoms with Gasteiger partial charge in [-0.3, -0.25) is 0 Å². The van der Waals surface area contributed by atoms with Crippen molar-refractivity contribution in [2.45, 2.75) is 26.2 Å². The van der Waals surface area contributed by atoms with Crippen molar-refractivity contribution in [3.8, 4) is 6.07 Å². The third-order valence-electron chi connectivity index (χ3n) is 2.04. The van der Waals surface area contributed by atoms with Crippen molar-refractivity contribution in [2.24, 2.45) is 0 Å². The molecular weight excluding hydrogens is 160 g/mol. The molecule has 13 heavy (non-hydrogen) atoms. The Labute approximate surface area is 79.0 Å². The summed E-state index contributed by atoms with van der Waals surface area (Å²) in [5.74, 6) is 0. The second-order valence-electron chi connectivity index (χ2n) is 4.16. The van der Waals surface area contributed by atoms with Gasteiger partial charge in [0.25, 0.3) is 0 Å². The zero-order valence-corrected chi connectivity index (χ0v) is 8.26. The zero-order valence-electron chi connectivity index (χ0n) is 8.26. The fourth-order valence-corrected chi connectivity index (χ4v) is 1.13. The number of nitrogen functional groups attached to an aromatic ring is 1. The molecule has 0 aliphatic carbocycles. The number of rotatable bonds is 0. The van der Waals surface area contributed by atoms with E-state index in [9.17, 15) is 0 Å². The molecule has 0 heterocycles. The van der Waals surface area contributed by atoms with Crippen LogP contribution in [0.5, 0.6) is 0 Å². The Hall–Kier alpha value is -1.49. The van der Waals surface area contributed by atoms with Crippen LogP contribution in [0.15, 0.2) is 18.2 Å². The van der Waals surface area contributed by atoms with Crippen molar-refractivity contribution in [2.75, 3.05) is 5.73 Å². The highest BCUT2D eigenvalue weighted by molar-refractivity contribution is 5.56. The zero-order chi connectivity index (χ0) is 10.1. The van der Waals surface area contributed by atoms with Crippen LogP contribution in [0.25, 0.3) is 0 Å². The van der Waals surface area contributed by atoms with Gasteiger partial charge in [0.1, 0.15) is 6.07 Å². The lowest BCUT2D eigenvalue weighted by molar-refractivity contribution is 0.590. The van der Waals surface area contributed by atoms with E-state index in [4.69, 9.17) is 11.0 Å². The molecule has 0 aliphatic heterocycles. The molecule has 1 aromatic carbocycles. The summed E-state index contributed by atoms with van der Waals surface area (Å²) in [6, 6.07) is 7.65. The van der Waals surface area contributed by atoms with Crippen LogP contribution in [0.4, 0.5) is 5.69 Å². The topological polar surface area (TPSA) is 49.8 Å². The van der Waals surface area contributed by atoms with Gasteiger partial charge in [-0.15, -0.1) is 0 Å². The van der Waals surface area contributed by atoms with Gasteiger partial charge in [-0.2, -0.15) is 5.26 Å². The minimum Gasteiger partial charge on any atom is -0.398 e. The fraction of sp³-hybridized carbons (Fsp3) is 0.364. The smallest absolute Gasteiger partial charge is 0.101 e. The number of nitriles is 1. The minimum absolute atomic E-state index is 0.0854. The molecule has 0 unspecified atom stereocenters. The minimum atomic E-state index is 0.0854. The van der Waals surface area contributed by atoms with Crippen LogP contribution < -0.4 is 5.73 Å². The maximum atomic E-state index is 8.68. The van der Waals surface area contributed by atoms with Crippen molar-refractivity contribution in [1.29, 1.82) is 5.26 Å². The Morgan fingerprint density at radius 2 is 1.92 bits per heavy atom. The normalized spacial score (nSPS) is 10.9. The monoisotopic (exact) mass is 174 g/mol. The Morgan fingerprint density at radius 3 is 2.31 bits per heavy atom. The highest BCUT2D eigenvalue weighted by Crippen LogP contribution is 2.25. The summed E-state index contributed by atoms with van der Waals surface area (Å²) in [4.78, 5) is 0. The molecule has 0 spiro atoms. The molecule has 1 rings (SSSR count). The van der Waals surface area contributed by atoms with Crippen molar-refractivity contribution < 1.29 is 0 Å². The van der Waals surface area contributed by atoms with E-state index < -0.39 is 0 Å². The van der Waals surface area contributed by atoms with Crippen LogP contribution in [0.3, 0.4) is 0 Å². The summed E-state index contributed by atoms with van der Waals surface area (Å²) < 4.78 is 0. The van der Waals surface area contributed by atoms with Gasteiger partial charge in [-0.1, -0.05) is 26.8 Å². The molecule has 0 aliphatic rings. The van der Waals surface area contributed by atoms with Crippen molar-refractivity contribution >= 4 is 5.69 Å². The van der Waals surface area contributed by atoms with E-state index in [1.165, 1.54) is 0 Å². The number of hydrogen-bond acceptors (Lipinski definition) is 2. The van der Waals surface area contributed by atoms with Crippen molar-refractivity contribution in [1.82, 2.24) is 0 Å². The molecule has 1 aromatic rings. The third-order valence-corrected chi connectivity index (χ3v) is 2.04. The molecule has 2 heteroatoms.